The summed E-state index contributed by atoms with van der Waals surface area (Å²) in [5, 5.41) is 2.87. The second-order valence-electron chi connectivity index (χ2n) is 6.55. The number of nitrogens with zero attached hydrogens (tertiary/aromatic N) is 4. The number of nitrogens with one attached hydrogen (secondary N) is 1. The van der Waals surface area contributed by atoms with Gasteiger partial charge < -0.3 is 14.5 Å². The van der Waals surface area contributed by atoms with Crippen LogP contribution in [0.3, 0.4) is 0 Å². The molecule has 0 unspecified atom stereocenters. The van der Waals surface area contributed by atoms with Crippen LogP contribution in [0.15, 0.2) is 24.5 Å². The normalized spacial score (nSPS) is 16.4. The Morgan fingerprint density at radius 2 is 2.04 bits per heavy atom. The molecular formula is C18H27N5O2. The maximum Gasteiger partial charge on any atom is 0.234 e. The van der Waals surface area contributed by atoms with Gasteiger partial charge in [-0.05, 0) is 18.6 Å². The zero-order valence-electron chi connectivity index (χ0n) is 15.1. The Kier molecular flexibility index (Phi) is 6.01. The number of hydrogen-bond acceptors (Lipinski definition) is 5. The molecule has 3 heterocycles. The lowest BCUT2D eigenvalue weighted by atomic mass is 10.3. The molecule has 136 valence electrons. The molecule has 1 amide bonds. The number of pyridine rings is 1. The number of rotatable bonds is 7. The number of methoxy groups -OCH3 is 1. The van der Waals surface area contributed by atoms with Gasteiger partial charge in [-0.3, -0.25) is 14.6 Å². The smallest absolute Gasteiger partial charge is 0.234 e. The van der Waals surface area contributed by atoms with E-state index in [1.807, 2.05) is 12.3 Å². The van der Waals surface area contributed by atoms with Gasteiger partial charge in [0.1, 0.15) is 5.65 Å². The molecule has 0 atom stereocenters. The number of piperazine rings is 1. The Morgan fingerprint density at radius 3 is 2.76 bits per heavy atom. The van der Waals surface area contributed by atoms with Gasteiger partial charge in [0.2, 0.25) is 5.91 Å². The van der Waals surface area contributed by atoms with E-state index in [4.69, 9.17) is 9.72 Å². The van der Waals surface area contributed by atoms with Crippen molar-refractivity contribution >= 4 is 11.6 Å². The Bertz CT molecular complexity index is 707. The Balaban J connectivity index is 1.45. The van der Waals surface area contributed by atoms with Crippen LogP contribution in [0.2, 0.25) is 0 Å². The van der Waals surface area contributed by atoms with E-state index in [1.54, 1.807) is 7.11 Å². The minimum atomic E-state index is 0.0707. The average Bonchev–Trinajstić information content (AvgIpc) is 3.01. The third kappa shape index (κ3) is 4.78. The first-order chi connectivity index (χ1) is 12.2. The fourth-order valence-corrected chi connectivity index (χ4v) is 3.17. The molecule has 7 nitrogen and oxygen atoms in total. The van der Waals surface area contributed by atoms with E-state index in [9.17, 15) is 4.79 Å². The van der Waals surface area contributed by atoms with Crippen LogP contribution in [0.1, 0.15) is 11.3 Å². The van der Waals surface area contributed by atoms with E-state index < -0.39 is 0 Å². The van der Waals surface area contributed by atoms with Gasteiger partial charge in [-0.2, -0.15) is 0 Å². The van der Waals surface area contributed by atoms with Gasteiger partial charge in [0.05, 0.1) is 18.8 Å². The monoisotopic (exact) mass is 345 g/mol. The molecular weight excluding hydrogens is 318 g/mol. The summed E-state index contributed by atoms with van der Waals surface area (Å²) in [5.74, 6) is 0.0707. The van der Waals surface area contributed by atoms with Crippen molar-refractivity contribution in [3.63, 3.8) is 0 Å². The summed E-state index contributed by atoms with van der Waals surface area (Å²) in [5.41, 5.74) is 3.32. The van der Waals surface area contributed by atoms with E-state index in [0.717, 1.165) is 44.1 Å². The summed E-state index contributed by atoms with van der Waals surface area (Å²) >= 11 is 0. The van der Waals surface area contributed by atoms with Crippen LogP contribution in [0.4, 0.5) is 0 Å². The maximum absolute atomic E-state index is 11.9. The first kappa shape index (κ1) is 17.8. The summed E-state index contributed by atoms with van der Waals surface area (Å²) in [6.45, 7) is 8.26. The number of carbonyl (C=O) groups excluding carboxylic acids is 1. The van der Waals surface area contributed by atoms with Gasteiger partial charge in [0.15, 0.2) is 0 Å². The quantitative estimate of drug-likeness (QED) is 0.742. The molecule has 3 rings (SSSR count). The molecule has 7 heteroatoms. The van der Waals surface area contributed by atoms with Crippen LogP contribution in [-0.4, -0.2) is 78.1 Å². The number of ether oxygens (including phenoxy) is 1. The van der Waals surface area contributed by atoms with Crippen LogP contribution < -0.4 is 5.32 Å². The SMILES string of the molecule is COCCNC(=O)CN1CCN(Cc2cn3cccc(C)c3n2)CC1. The lowest BCUT2D eigenvalue weighted by Gasteiger charge is -2.33. The van der Waals surface area contributed by atoms with Gasteiger partial charge in [0, 0.05) is 58.8 Å². The molecule has 1 aliphatic heterocycles. The Labute approximate surface area is 148 Å². The number of fused-ring (bicyclic) bond motifs is 1. The van der Waals surface area contributed by atoms with Crippen LogP contribution >= 0.6 is 0 Å². The van der Waals surface area contributed by atoms with Crippen molar-refractivity contribution in [1.82, 2.24) is 24.5 Å². The van der Waals surface area contributed by atoms with E-state index in [0.29, 0.717) is 19.7 Å². The van der Waals surface area contributed by atoms with Crippen LogP contribution in [0, 0.1) is 6.92 Å². The highest BCUT2D eigenvalue weighted by atomic mass is 16.5. The zero-order chi connectivity index (χ0) is 17.6. The molecule has 0 bridgehead atoms. The summed E-state index contributed by atoms with van der Waals surface area (Å²) in [7, 11) is 1.63. The molecule has 0 saturated carbocycles. The van der Waals surface area contributed by atoms with E-state index in [1.165, 1.54) is 5.56 Å². The van der Waals surface area contributed by atoms with Crippen molar-refractivity contribution < 1.29 is 9.53 Å². The van der Waals surface area contributed by atoms with Crippen LogP contribution in [-0.2, 0) is 16.1 Å². The third-order valence-electron chi connectivity index (χ3n) is 4.57. The fraction of sp³-hybridized carbons (Fsp3) is 0.556. The second kappa shape index (κ2) is 8.42. The predicted molar refractivity (Wildman–Crippen MR) is 96.5 cm³/mol. The molecule has 1 aliphatic rings. The molecule has 1 N–H and O–H groups in total. The third-order valence-corrected chi connectivity index (χ3v) is 4.57. The highest BCUT2D eigenvalue weighted by molar-refractivity contribution is 5.78. The lowest BCUT2D eigenvalue weighted by Crippen LogP contribution is -2.49. The summed E-state index contributed by atoms with van der Waals surface area (Å²) < 4.78 is 7.03. The molecule has 0 aromatic carbocycles. The number of imidazole rings is 1. The molecule has 1 saturated heterocycles. The molecule has 2 aromatic heterocycles. The highest BCUT2D eigenvalue weighted by Gasteiger charge is 2.19. The number of amides is 1. The molecule has 2 aromatic rings. The largest absolute Gasteiger partial charge is 0.383 e. The fourth-order valence-electron chi connectivity index (χ4n) is 3.17. The van der Waals surface area contributed by atoms with Crippen molar-refractivity contribution in [2.24, 2.45) is 0 Å². The molecule has 1 fully saturated rings. The first-order valence-electron chi connectivity index (χ1n) is 8.79. The number of aryl methyl sites for hydroxylation is 1. The molecule has 25 heavy (non-hydrogen) atoms. The summed E-state index contributed by atoms with van der Waals surface area (Å²) in [4.78, 5) is 21.2. The van der Waals surface area contributed by atoms with Gasteiger partial charge in [-0.25, -0.2) is 4.98 Å². The van der Waals surface area contributed by atoms with Crippen molar-refractivity contribution in [2.45, 2.75) is 13.5 Å². The summed E-state index contributed by atoms with van der Waals surface area (Å²) in [6.07, 6.45) is 4.15. The predicted octanol–water partition coefficient (Wildman–Crippen LogP) is 0.523. The standard InChI is InChI=1S/C18H27N5O2/c1-15-4-3-6-23-13-16(20-18(15)23)12-21-7-9-22(10-8-21)14-17(24)19-5-11-25-2/h3-4,6,13H,5,7-12,14H2,1-2H3,(H,19,24). The van der Waals surface area contributed by atoms with E-state index >= 15 is 0 Å². The van der Waals surface area contributed by atoms with Crippen LogP contribution in [0.25, 0.3) is 5.65 Å². The van der Waals surface area contributed by atoms with Gasteiger partial charge in [-0.1, -0.05) is 6.07 Å². The number of carbonyl (C=O) groups is 1. The van der Waals surface area contributed by atoms with Gasteiger partial charge >= 0.3 is 0 Å². The minimum Gasteiger partial charge on any atom is -0.383 e. The molecule has 0 spiro atoms. The summed E-state index contributed by atoms with van der Waals surface area (Å²) in [6, 6.07) is 4.13. The Morgan fingerprint density at radius 1 is 1.28 bits per heavy atom. The second-order valence-corrected chi connectivity index (χ2v) is 6.55. The number of hydrogen-bond donors (Lipinski definition) is 1. The van der Waals surface area contributed by atoms with Crippen molar-refractivity contribution in [2.75, 3.05) is 53.0 Å². The topological polar surface area (TPSA) is 62.1 Å². The first-order valence-corrected chi connectivity index (χ1v) is 8.79. The van der Waals surface area contributed by atoms with Gasteiger partial charge in [-0.15, -0.1) is 0 Å². The minimum absolute atomic E-state index is 0.0707. The van der Waals surface area contributed by atoms with Crippen LogP contribution in [0.5, 0.6) is 0 Å². The maximum atomic E-state index is 11.9. The van der Waals surface area contributed by atoms with Crippen molar-refractivity contribution in [3.05, 3.63) is 35.8 Å². The van der Waals surface area contributed by atoms with E-state index in [2.05, 4.69) is 38.7 Å². The van der Waals surface area contributed by atoms with Crippen molar-refractivity contribution in [3.8, 4) is 0 Å². The van der Waals surface area contributed by atoms with E-state index in [-0.39, 0.29) is 5.91 Å². The van der Waals surface area contributed by atoms with Gasteiger partial charge in [0.25, 0.3) is 0 Å². The Hall–Kier alpha value is -1.96. The average molecular weight is 345 g/mol. The molecule has 0 radical (unpaired) electrons. The zero-order valence-corrected chi connectivity index (χ0v) is 15.1. The van der Waals surface area contributed by atoms with Crippen molar-refractivity contribution in [1.29, 1.82) is 0 Å². The lowest BCUT2D eigenvalue weighted by molar-refractivity contribution is -0.122. The number of aromatic nitrogens is 2. The highest BCUT2D eigenvalue weighted by Crippen LogP contribution is 2.12. The molecule has 0 aliphatic carbocycles.